The first-order valence-electron chi connectivity index (χ1n) is 9.70. The number of ether oxygens (including phenoxy) is 2. The number of anilines is 1. The summed E-state index contributed by atoms with van der Waals surface area (Å²) < 4.78 is 41.9. The van der Waals surface area contributed by atoms with Crippen molar-refractivity contribution in [3.63, 3.8) is 0 Å². The van der Waals surface area contributed by atoms with Crippen LogP contribution in [0.1, 0.15) is 34.0 Å². The van der Waals surface area contributed by atoms with E-state index < -0.39 is 40.4 Å². The normalized spacial score (nSPS) is 17.0. The molecular formula is C19H23N3O8S2. The molecule has 2 aromatic heterocycles. The molecule has 0 saturated carbocycles. The highest BCUT2D eigenvalue weighted by atomic mass is 32.2. The summed E-state index contributed by atoms with van der Waals surface area (Å²) in [5.74, 6) is -2.41. The van der Waals surface area contributed by atoms with E-state index in [4.69, 9.17) is 9.26 Å². The van der Waals surface area contributed by atoms with Crippen molar-refractivity contribution in [3.05, 3.63) is 27.8 Å². The van der Waals surface area contributed by atoms with Crippen LogP contribution in [0, 0.1) is 19.8 Å². The van der Waals surface area contributed by atoms with Gasteiger partial charge in [0.1, 0.15) is 15.5 Å². The minimum atomic E-state index is -3.88. The minimum absolute atomic E-state index is 0.00284. The topological polar surface area (TPSA) is 145 Å². The number of carbonyl (C=O) groups excluding carboxylic acids is 3. The van der Waals surface area contributed by atoms with Crippen LogP contribution in [0.15, 0.2) is 20.9 Å². The van der Waals surface area contributed by atoms with E-state index in [-0.39, 0.29) is 40.0 Å². The Bertz CT molecular complexity index is 1100. The van der Waals surface area contributed by atoms with Gasteiger partial charge in [-0.1, -0.05) is 5.16 Å². The summed E-state index contributed by atoms with van der Waals surface area (Å²) in [4.78, 5) is 36.5. The SMILES string of the molecule is COC(=O)c1sccc1NC(=O)COC(=O)C1CCCN(S(=O)(=O)c2c(C)noc2C)C1. The van der Waals surface area contributed by atoms with Crippen molar-refractivity contribution in [2.75, 3.05) is 32.1 Å². The second-order valence-corrected chi connectivity index (χ2v) is 9.96. The Hall–Kier alpha value is -2.77. The number of amides is 1. The van der Waals surface area contributed by atoms with Gasteiger partial charge in [-0.15, -0.1) is 11.3 Å². The molecule has 0 spiro atoms. The number of hydrogen-bond acceptors (Lipinski definition) is 10. The largest absolute Gasteiger partial charge is 0.465 e. The first-order chi connectivity index (χ1) is 15.1. The van der Waals surface area contributed by atoms with Crippen molar-refractivity contribution >= 4 is 44.9 Å². The predicted octanol–water partition coefficient (Wildman–Crippen LogP) is 1.72. The number of carbonyl (C=O) groups is 3. The summed E-state index contributed by atoms with van der Waals surface area (Å²) in [6.45, 7) is 2.68. The molecule has 1 aliphatic heterocycles. The van der Waals surface area contributed by atoms with E-state index in [1.165, 1.54) is 31.3 Å². The Kier molecular flexibility index (Phi) is 7.31. The number of methoxy groups -OCH3 is 1. The number of nitrogens with zero attached hydrogens (tertiary/aromatic N) is 2. The zero-order valence-electron chi connectivity index (χ0n) is 17.7. The lowest BCUT2D eigenvalue weighted by atomic mass is 10.00. The molecule has 1 amide bonds. The van der Waals surface area contributed by atoms with Crippen LogP contribution in [-0.2, 0) is 29.1 Å². The van der Waals surface area contributed by atoms with Crippen molar-refractivity contribution in [2.45, 2.75) is 31.6 Å². The minimum Gasteiger partial charge on any atom is -0.465 e. The number of aryl methyl sites for hydroxylation is 2. The van der Waals surface area contributed by atoms with Gasteiger partial charge in [0.05, 0.1) is 18.7 Å². The lowest BCUT2D eigenvalue weighted by Crippen LogP contribution is -2.43. The molecule has 13 heteroatoms. The number of thiophene rings is 1. The third-order valence-electron chi connectivity index (χ3n) is 4.94. The molecule has 174 valence electrons. The molecule has 1 aliphatic rings. The maximum atomic E-state index is 13.0. The summed E-state index contributed by atoms with van der Waals surface area (Å²) in [6.07, 6.45) is 0.900. The van der Waals surface area contributed by atoms with E-state index >= 15 is 0 Å². The summed E-state index contributed by atoms with van der Waals surface area (Å²) in [7, 11) is -2.65. The standard InChI is InChI=1S/C19H23N3O8S2/c1-11-17(12(2)30-21-11)32(26,27)22-7-4-5-13(9-22)18(24)29-10-15(23)20-14-6-8-31-16(14)19(25)28-3/h6,8,13H,4-5,7,9-10H2,1-3H3,(H,20,23). The number of sulfonamides is 1. The highest BCUT2D eigenvalue weighted by molar-refractivity contribution is 7.89. The molecule has 1 atom stereocenters. The summed E-state index contributed by atoms with van der Waals surface area (Å²) in [5.41, 5.74) is 0.515. The predicted molar refractivity (Wildman–Crippen MR) is 113 cm³/mol. The number of piperidine rings is 1. The molecule has 1 fully saturated rings. The number of hydrogen-bond donors (Lipinski definition) is 1. The van der Waals surface area contributed by atoms with Crippen LogP contribution in [0.4, 0.5) is 5.69 Å². The lowest BCUT2D eigenvalue weighted by molar-refractivity contribution is -0.152. The van der Waals surface area contributed by atoms with Gasteiger partial charge in [0.25, 0.3) is 5.91 Å². The van der Waals surface area contributed by atoms with Gasteiger partial charge in [-0.3, -0.25) is 9.59 Å². The van der Waals surface area contributed by atoms with E-state index in [1.807, 2.05) is 0 Å². The van der Waals surface area contributed by atoms with Crippen LogP contribution in [-0.4, -0.2) is 62.5 Å². The van der Waals surface area contributed by atoms with Crippen molar-refractivity contribution in [3.8, 4) is 0 Å². The van der Waals surface area contributed by atoms with Gasteiger partial charge in [-0.25, -0.2) is 13.2 Å². The Morgan fingerprint density at radius 1 is 1.34 bits per heavy atom. The zero-order chi connectivity index (χ0) is 23.5. The maximum Gasteiger partial charge on any atom is 0.350 e. The van der Waals surface area contributed by atoms with Crippen LogP contribution in [0.25, 0.3) is 0 Å². The molecule has 1 saturated heterocycles. The quantitative estimate of drug-likeness (QED) is 0.579. The van der Waals surface area contributed by atoms with E-state index in [0.717, 1.165) is 11.3 Å². The summed E-state index contributed by atoms with van der Waals surface area (Å²) in [6, 6.07) is 1.54. The highest BCUT2D eigenvalue weighted by Gasteiger charge is 2.37. The molecule has 11 nitrogen and oxygen atoms in total. The molecule has 0 radical (unpaired) electrons. The first kappa shape index (κ1) is 23.9. The molecule has 0 aliphatic carbocycles. The highest BCUT2D eigenvalue weighted by Crippen LogP contribution is 2.28. The molecule has 1 N–H and O–H groups in total. The van der Waals surface area contributed by atoms with Gasteiger partial charge in [0.15, 0.2) is 12.4 Å². The van der Waals surface area contributed by atoms with Crippen molar-refractivity contribution in [2.24, 2.45) is 5.92 Å². The molecule has 0 aromatic carbocycles. The third kappa shape index (κ3) is 5.00. The summed E-state index contributed by atoms with van der Waals surface area (Å²) >= 11 is 1.10. The smallest absolute Gasteiger partial charge is 0.350 e. The van der Waals surface area contributed by atoms with Gasteiger partial charge in [0.2, 0.25) is 10.0 Å². The molecule has 32 heavy (non-hydrogen) atoms. The Labute approximate surface area is 188 Å². The summed E-state index contributed by atoms with van der Waals surface area (Å²) in [5, 5.41) is 7.80. The van der Waals surface area contributed by atoms with Crippen LogP contribution < -0.4 is 5.32 Å². The number of nitrogens with one attached hydrogen (secondary N) is 1. The average Bonchev–Trinajstić information content (AvgIpc) is 3.37. The van der Waals surface area contributed by atoms with E-state index in [0.29, 0.717) is 12.8 Å². The first-order valence-corrected chi connectivity index (χ1v) is 12.0. The Balaban J connectivity index is 1.58. The van der Waals surface area contributed by atoms with Crippen LogP contribution in [0.5, 0.6) is 0 Å². The fourth-order valence-electron chi connectivity index (χ4n) is 3.42. The van der Waals surface area contributed by atoms with E-state index in [2.05, 4.69) is 15.2 Å². The molecule has 1 unspecified atom stereocenters. The number of esters is 2. The second kappa shape index (κ2) is 9.79. The zero-order valence-corrected chi connectivity index (χ0v) is 19.4. The molecule has 3 heterocycles. The van der Waals surface area contributed by atoms with Crippen molar-refractivity contribution < 1.29 is 36.8 Å². The second-order valence-electron chi connectivity index (χ2n) is 7.17. The molecule has 0 bridgehead atoms. The molecule has 3 rings (SSSR count). The maximum absolute atomic E-state index is 13.0. The van der Waals surface area contributed by atoms with Gasteiger partial charge >= 0.3 is 11.9 Å². The molecule has 2 aromatic rings. The van der Waals surface area contributed by atoms with Crippen LogP contribution in [0.2, 0.25) is 0 Å². The number of aromatic nitrogens is 1. The van der Waals surface area contributed by atoms with Crippen molar-refractivity contribution in [1.29, 1.82) is 0 Å². The fourth-order valence-corrected chi connectivity index (χ4v) is 6.01. The third-order valence-corrected chi connectivity index (χ3v) is 7.94. The van der Waals surface area contributed by atoms with E-state index in [9.17, 15) is 22.8 Å². The Morgan fingerprint density at radius 2 is 2.09 bits per heavy atom. The number of rotatable bonds is 7. The van der Waals surface area contributed by atoms with Gasteiger partial charge < -0.3 is 19.3 Å². The van der Waals surface area contributed by atoms with Crippen LogP contribution >= 0.6 is 11.3 Å². The average molecular weight is 486 g/mol. The monoisotopic (exact) mass is 485 g/mol. The fraction of sp³-hybridized carbons (Fsp3) is 0.474. The molecular weight excluding hydrogens is 462 g/mol. The van der Waals surface area contributed by atoms with Gasteiger partial charge in [-0.05, 0) is 38.1 Å². The van der Waals surface area contributed by atoms with Crippen LogP contribution in [0.3, 0.4) is 0 Å². The van der Waals surface area contributed by atoms with E-state index in [1.54, 1.807) is 5.38 Å². The van der Waals surface area contributed by atoms with Gasteiger partial charge in [0, 0.05) is 13.1 Å². The van der Waals surface area contributed by atoms with Crippen molar-refractivity contribution in [1.82, 2.24) is 9.46 Å². The lowest BCUT2D eigenvalue weighted by Gasteiger charge is -2.30. The Morgan fingerprint density at radius 3 is 2.75 bits per heavy atom. The van der Waals surface area contributed by atoms with Gasteiger partial charge in [-0.2, -0.15) is 4.31 Å².